The monoisotopic (exact) mass is 340 g/mol. The van der Waals surface area contributed by atoms with Gasteiger partial charge in [0, 0.05) is 10.8 Å². The van der Waals surface area contributed by atoms with Crippen LogP contribution in [0.25, 0.3) is 11.0 Å². The highest BCUT2D eigenvalue weighted by molar-refractivity contribution is 5.92. The quantitative estimate of drug-likeness (QED) is 0.594. The van der Waals surface area contributed by atoms with E-state index in [1.807, 2.05) is 12.1 Å². The Kier molecular flexibility index (Phi) is 3.25. The van der Waals surface area contributed by atoms with Crippen LogP contribution in [0.15, 0.2) is 39.5 Å². The lowest BCUT2D eigenvalue weighted by Gasteiger charge is -2.40. The second-order valence-electron chi connectivity index (χ2n) is 8.69. The Morgan fingerprint density at radius 1 is 1.16 bits per heavy atom. The van der Waals surface area contributed by atoms with Gasteiger partial charge in [-0.2, -0.15) is 0 Å². The van der Waals surface area contributed by atoms with Crippen LogP contribution in [0, 0.1) is 16.2 Å². The molecule has 2 fully saturated rings. The van der Waals surface area contributed by atoms with Crippen molar-refractivity contribution in [1.82, 2.24) is 0 Å². The summed E-state index contributed by atoms with van der Waals surface area (Å²) in [6, 6.07) is 8.75. The minimum Gasteiger partial charge on any atom is -0.458 e. The molecule has 4 rings (SSSR count). The van der Waals surface area contributed by atoms with Crippen LogP contribution in [0.3, 0.4) is 0 Å². The first kappa shape index (κ1) is 16.4. The number of fused-ring (bicyclic) bond motifs is 3. The molecule has 0 spiro atoms. The Morgan fingerprint density at radius 3 is 2.52 bits per heavy atom. The Morgan fingerprint density at radius 2 is 1.88 bits per heavy atom. The van der Waals surface area contributed by atoms with E-state index < -0.39 is 11.6 Å². The molecule has 0 N–H and O–H groups in total. The van der Waals surface area contributed by atoms with Crippen molar-refractivity contribution in [1.29, 1.82) is 0 Å². The van der Waals surface area contributed by atoms with Gasteiger partial charge in [-0.05, 0) is 42.2 Å². The van der Waals surface area contributed by atoms with Gasteiger partial charge in [0.05, 0.1) is 0 Å². The number of para-hydroxylation sites is 1. The number of hydrogen-bond acceptors (Lipinski definition) is 4. The molecule has 4 heteroatoms. The van der Waals surface area contributed by atoms with Crippen molar-refractivity contribution in [3.63, 3.8) is 0 Å². The average Bonchev–Trinajstić information content (AvgIpc) is 2.82. The van der Waals surface area contributed by atoms with Crippen molar-refractivity contribution >= 4 is 16.9 Å². The van der Waals surface area contributed by atoms with E-state index in [4.69, 9.17) is 9.15 Å². The fourth-order valence-corrected chi connectivity index (χ4v) is 4.97. The first-order valence-corrected chi connectivity index (χ1v) is 8.92. The van der Waals surface area contributed by atoms with Crippen LogP contribution in [0.2, 0.25) is 0 Å². The molecule has 132 valence electrons. The summed E-state index contributed by atoms with van der Waals surface area (Å²) in [5, 5.41) is 0.723. The van der Waals surface area contributed by atoms with E-state index in [1.165, 1.54) is 0 Å². The molecule has 25 heavy (non-hydrogen) atoms. The zero-order valence-electron chi connectivity index (χ0n) is 15.2. The Labute approximate surface area is 147 Å². The molecule has 0 saturated heterocycles. The first-order valence-electron chi connectivity index (χ1n) is 8.92. The lowest BCUT2D eigenvalue weighted by atomic mass is 9.66. The maximum absolute atomic E-state index is 12.7. The Balaban J connectivity index is 1.66. The SMILES string of the molecule is CC12CCC(C)(C(OC(=O)c3cc4ccccc4oc3=O)C1)C2(C)C. The van der Waals surface area contributed by atoms with Crippen molar-refractivity contribution < 1.29 is 13.9 Å². The number of rotatable bonds is 2. The van der Waals surface area contributed by atoms with Gasteiger partial charge >= 0.3 is 11.6 Å². The number of carbonyl (C=O) groups is 1. The van der Waals surface area contributed by atoms with Gasteiger partial charge in [0.2, 0.25) is 0 Å². The molecule has 0 amide bonds. The molecule has 0 radical (unpaired) electrons. The smallest absolute Gasteiger partial charge is 0.351 e. The predicted octanol–water partition coefficient (Wildman–Crippen LogP) is 4.55. The molecule has 2 saturated carbocycles. The minimum absolute atomic E-state index is 0.0203. The topological polar surface area (TPSA) is 56.5 Å². The normalized spacial score (nSPS) is 32.9. The number of benzene rings is 1. The maximum atomic E-state index is 12.7. The van der Waals surface area contributed by atoms with Gasteiger partial charge in [0.25, 0.3) is 0 Å². The lowest BCUT2D eigenvalue weighted by Crippen LogP contribution is -2.39. The minimum atomic E-state index is -0.637. The molecule has 2 bridgehead atoms. The highest BCUT2D eigenvalue weighted by Crippen LogP contribution is 2.72. The fourth-order valence-electron chi connectivity index (χ4n) is 4.97. The molecule has 2 aliphatic carbocycles. The maximum Gasteiger partial charge on any atom is 0.351 e. The molecule has 2 aromatic rings. The van der Waals surface area contributed by atoms with Gasteiger partial charge in [0.1, 0.15) is 17.3 Å². The molecule has 1 aromatic carbocycles. The van der Waals surface area contributed by atoms with Gasteiger partial charge in [-0.1, -0.05) is 45.9 Å². The van der Waals surface area contributed by atoms with Gasteiger partial charge in [-0.15, -0.1) is 0 Å². The van der Waals surface area contributed by atoms with E-state index >= 15 is 0 Å². The van der Waals surface area contributed by atoms with E-state index in [-0.39, 0.29) is 27.9 Å². The van der Waals surface area contributed by atoms with Crippen LogP contribution < -0.4 is 5.63 Å². The summed E-state index contributed by atoms with van der Waals surface area (Å²) in [5.41, 5.74) is 0.0221. The van der Waals surface area contributed by atoms with Crippen molar-refractivity contribution in [2.75, 3.05) is 0 Å². The van der Waals surface area contributed by atoms with Gasteiger partial charge in [0.15, 0.2) is 0 Å². The molecule has 3 unspecified atom stereocenters. The van der Waals surface area contributed by atoms with Gasteiger partial charge in [-0.3, -0.25) is 0 Å². The highest BCUT2D eigenvalue weighted by atomic mass is 16.5. The van der Waals surface area contributed by atoms with Crippen LogP contribution in [0.1, 0.15) is 57.3 Å². The van der Waals surface area contributed by atoms with Crippen LogP contribution in [-0.2, 0) is 4.74 Å². The zero-order chi connectivity index (χ0) is 18.0. The predicted molar refractivity (Wildman–Crippen MR) is 95.5 cm³/mol. The largest absolute Gasteiger partial charge is 0.458 e. The summed E-state index contributed by atoms with van der Waals surface area (Å²) < 4.78 is 11.1. The molecule has 1 heterocycles. The van der Waals surface area contributed by atoms with Crippen molar-refractivity contribution in [3.05, 3.63) is 46.3 Å². The lowest BCUT2D eigenvalue weighted by molar-refractivity contribution is -0.0246. The zero-order valence-corrected chi connectivity index (χ0v) is 15.2. The summed E-state index contributed by atoms with van der Waals surface area (Å²) in [5.74, 6) is -0.572. The third kappa shape index (κ3) is 2.06. The molecule has 2 aliphatic rings. The average molecular weight is 340 g/mol. The van der Waals surface area contributed by atoms with Crippen LogP contribution >= 0.6 is 0 Å². The third-order valence-electron chi connectivity index (χ3n) is 7.59. The number of ether oxygens (including phenoxy) is 1. The van der Waals surface area contributed by atoms with Crippen molar-refractivity contribution in [2.24, 2.45) is 16.2 Å². The van der Waals surface area contributed by atoms with E-state index in [9.17, 15) is 9.59 Å². The van der Waals surface area contributed by atoms with E-state index in [0.717, 1.165) is 24.6 Å². The van der Waals surface area contributed by atoms with E-state index in [0.29, 0.717) is 5.58 Å². The summed E-state index contributed by atoms with van der Waals surface area (Å²) >= 11 is 0. The summed E-state index contributed by atoms with van der Waals surface area (Å²) in [4.78, 5) is 24.9. The van der Waals surface area contributed by atoms with Crippen LogP contribution in [0.4, 0.5) is 0 Å². The Hall–Kier alpha value is -2.10. The van der Waals surface area contributed by atoms with Crippen molar-refractivity contribution in [2.45, 2.75) is 53.1 Å². The Bertz CT molecular complexity index is 925. The summed E-state index contributed by atoms with van der Waals surface area (Å²) in [7, 11) is 0. The second-order valence-corrected chi connectivity index (χ2v) is 8.69. The third-order valence-corrected chi connectivity index (χ3v) is 7.59. The first-order chi connectivity index (χ1) is 11.7. The van der Waals surface area contributed by atoms with Crippen LogP contribution in [0.5, 0.6) is 0 Å². The number of esters is 1. The van der Waals surface area contributed by atoms with E-state index in [1.54, 1.807) is 18.2 Å². The molecule has 1 aromatic heterocycles. The molecule has 0 aliphatic heterocycles. The highest BCUT2D eigenvalue weighted by Gasteiger charge is 2.68. The fraction of sp³-hybridized carbons (Fsp3) is 0.524. The molecular weight excluding hydrogens is 316 g/mol. The number of hydrogen-bond donors (Lipinski definition) is 0. The number of carbonyl (C=O) groups excluding carboxylic acids is 1. The summed E-state index contributed by atoms with van der Waals surface area (Å²) in [6.07, 6.45) is 2.88. The van der Waals surface area contributed by atoms with Crippen molar-refractivity contribution in [3.8, 4) is 0 Å². The van der Waals surface area contributed by atoms with Crippen LogP contribution in [-0.4, -0.2) is 12.1 Å². The standard InChI is InChI=1S/C21H24O4/c1-19(2)20(3)9-10-21(19,4)16(12-20)25-18(23)14-11-13-7-5-6-8-15(13)24-17(14)22/h5-8,11,16H,9-10,12H2,1-4H3. The molecule has 3 atom stereocenters. The molecule has 4 nitrogen and oxygen atoms in total. The second kappa shape index (κ2) is 4.96. The molecular formula is C21H24O4. The summed E-state index contributed by atoms with van der Waals surface area (Å²) in [6.45, 7) is 9.05. The van der Waals surface area contributed by atoms with Gasteiger partial charge in [-0.25, -0.2) is 9.59 Å². The van der Waals surface area contributed by atoms with E-state index in [2.05, 4.69) is 27.7 Å². The van der Waals surface area contributed by atoms with Gasteiger partial charge < -0.3 is 9.15 Å².